The van der Waals surface area contributed by atoms with Gasteiger partial charge in [0.25, 0.3) is 0 Å². The van der Waals surface area contributed by atoms with Gasteiger partial charge in [-0.15, -0.1) is 0 Å². The molecular weight excluding hydrogens is 342 g/mol. The number of piperazine rings is 1. The third-order valence-corrected chi connectivity index (χ3v) is 5.62. The molecule has 148 valence electrons. The minimum absolute atomic E-state index is 0.103. The third-order valence-electron chi connectivity index (χ3n) is 5.62. The Labute approximate surface area is 161 Å². The average Bonchev–Trinajstić information content (AvgIpc) is 2.70. The molecule has 1 aliphatic carbocycles. The number of hydrogen-bond donors (Lipinski definition) is 1. The van der Waals surface area contributed by atoms with Crippen molar-refractivity contribution in [3.05, 3.63) is 29.8 Å². The second-order valence-electron chi connectivity index (χ2n) is 7.64. The summed E-state index contributed by atoms with van der Waals surface area (Å²) in [7, 11) is 1.66. The van der Waals surface area contributed by atoms with Crippen LogP contribution in [-0.2, 0) is 16.1 Å². The maximum atomic E-state index is 12.5. The number of rotatable bonds is 5. The molecule has 6 nitrogen and oxygen atoms in total. The summed E-state index contributed by atoms with van der Waals surface area (Å²) in [6, 6.07) is 7.56. The third kappa shape index (κ3) is 5.70. The van der Waals surface area contributed by atoms with Crippen LogP contribution in [0.2, 0.25) is 0 Å². The molecule has 1 aliphatic heterocycles. The Kier molecular flexibility index (Phi) is 7.10. The van der Waals surface area contributed by atoms with Crippen LogP contribution in [0, 0.1) is 5.92 Å². The first-order valence-electron chi connectivity index (χ1n) is 10.1. The molecule has 0 spiro atoms. The second-order valence-corrected chi connectivity index (χ2v) is 7.64. The molecular formula is C21H31N3O3. The number of ether oxygens (including phenoxy) is 1. The molecule has 0 atom stereocenters. The fourth-order valence-corrected chi connectivity index (χ4v) is 3.98. The minimum atomic E-state index is -0.103. The van der Waals surface area contributed by atoms with Crippen molar-refractivity contribution in [2.45, 2.75) is 45.1 Å². The first-order valence-corrected chi connectivity index (χ1v) is 10.1. The normalized spacial score (nSPS) is 18.4. The van der Waals surface area contributed by atoms with Crippen LogP contribution in [0.4, 0.5) is 10.5 Å². The lowest BCUT2D eigenvalue weighted by molar-refractivity contribution is -0.133. The summed E-state index contributed by atoms with van der Waals surface area (Å²) in [6.07, 6.45) is 6.90. The van der Waals surface area contributed by atoms with Gasteiger partial charge in [0.2, 0.25) is 5.91 Å². The molecule has 6 heteroatoms. The van der Waals surface area contributed by atoms with E-state index in [4.69, 9.17) is 4.74 Å². The largest absolute Gasteiger partial charge is 0.380 e. The first-order chi connectivity index (χ1) is 13.2. The van der Waals surface area contributed by atoms with Crippen molar-refractivity contribution >= 4 is 17.6 Å². The molecule has 1 aromatic carbocycles. The van der Waals surface area contributed by atoms with Crippen LogP contribution < -0.4 is 5.32 Å². The molecule has 0 unspecified atom stereocenters. The maximum absolute atomic E-state index is 12.5. The molecule has 0 aromatic heterocycles. The zero-order chi connectivity index (χ0) is 19.1. The van der Waals surface area contributed by atoms with Gasteiger partial charge < -0.3 is 19.9 Å². The van der Waals surface area contributed by atoms with Crippen molar-refractivity contribution in [2.24, 2.45) is 5.92 Å². The molecule has 0 bridgehead atoms. The number of amides is 3. The highest BCUT2D eigenvalue weighted by atomic mass is 16.5. The number of nitrogens with one attached hydrogen (secondary N) is 1. The van der Waals surface area contributed by atoms with Gasteiger partial charge in [0.15, 0.2) is 0 Å². The number of nitrogens with zero attached hydrogens (tertiary/aromatic N) is 2. The highest BCUT2D eigenvalue weighted by Gasteiger charge is 2.26. The predicted molar refractivity (Wildman–Crippen MR) is 106 cm³/mol. The fourth-order valence-electron chi connectivity index (χ4n) is 3.98. The Morgan fingerprint density at radius 3 is 2.26 bits per heavy atom. The van der Waals surface area contributed by atoms with E-state index in [0.717, 1.165) is 11.3 Å². The Hall–Kier alpha value is -2.08. The lowest BCUT2D eigenvalue weighted by atomic mass is 9.86. The summed E-state index contributed by atoms with van der Waals surface area (Å²) in [5.74, 6) is 0.823. The lowest BCUT2D eigenvalue weighted by Crippen LogP contribution is -2.51. The summed E-state index contributed by atoms with van der Waals surface area (Å²) in [5.41, 5.74) is 1.84. The summed E-state index contributed by atoms with van der Waals surface area (Å²) in [5, 5.41) is 2.93. The van der Waals surface area contributed by atoms with Crippen molar-refractivity contribution in [1.82, 2.24) is 9.80 Å². The average molecular weight is 373 g/mol. The van der Waals surface area contributed by atoms with E-state index in [1.807, 2.05) is 29.2 Å². The van der Waals surface area contributed by atoms with E-state index in [9.17, 15) is 9.59 Å². The quantitative estimate of drug-likeness (QED) is 0.859. The summed E-state index contributed by atoms with van der Waals surface area (Å²) in [6.45, 7) is 3.00. The van der Waals surface area contributed by atoms with E-state index < -0.39 is 0 Å². The van der Waals surface area contributed by atoms with Gasteiger partial charge in [-0.3, -0.25) is 4.79 Å². The Bertz CT molecular complexity index is 618. The van der Waals surface area contributed by atoms with Gasteiger partial charge in [-0.05, 0) is 36.5 Å². The zero-order valence-corrected chi connectivity index (χ0v) is 16.3. The molecule has 3 amide bonds. The van der Waals surface area contributed by atoms with Gasteiger partial charge in [0.05, 0.1) is 6.61 Å². The molecule has 1 saturated carbocycles. The Morgan fingerprint density at radius 2 is 1.63 bits per heavy atom. The predicted octanol–water partition coefficient (Wildman–Crippen LogP) is 3.48. The number of hydrogen-bond acceptors (Lipinski definition) is 3. The molecule has 1 N–H and O–H groups in total. The van der Waals surface area contributed by atoms with Gasteiger partial charge in [0, 0.05) is 45.4 Å². The van der Waals surface area contributed by atoms with E-state index in [2.05, 4.69) is 5.32 Å². The standard InChI is InChI=1S/C21H31N3O3/c1-27-16-18-7-9-19(10-8-18)22-21(26)24-13-11-23(12-14-24)20(25)15-17-5-3-2-4-6-17/h7-10,17H,2-6,11-16H2,1H3,(H,22,26). The minimum Gasteiger partial charge on any atom is -0.380 e. The smallest absolute Gasteiger partial charge is 0.321 e. The number of carbonyl (C=O) groups is 2. The Balaban J connectivity index is 1.42. The van der Waals surface area contributed by atoms with E-state index in [1.54, 1.807) is 12.0 Å². The number of urea groups is 1. The van der Waals surface area contributed by atoms with Gasteiger partial charge in [0.1, 0.15) is 0 Å². The van der Waals surface area contributed by atoms with Crippen molar-refractivity contribution in [3.8, 4) is 0 Å². The van der Waals surface area contributed by atoms with Crippen molar-refractivity contribution < 1.29 is 14.3 Å². The molecule has 3 rings (SSSR count). The SMILES string of the molecule is COCc1ccc(NC(=O)N2CCN(C(=O)CC3CCCCC3)CC2)cc1. The molecule has 2 fully saturated rings. The van der Waals surface area contributed by atoms with E-state index in [1.165, 1.54) is 32.1 Å². The maximum Gasteiger partial charge on any atom is 0.321 e. The molecule has 1 aromatic rings. The highest BCUT2D eigenvalue weighted by Crippen LogP contribution is 2.27. The number of methoxy groups -OCH3 is 1. The lowest BCUT2D eigenvalue weighted by Gasteiger charge is -2.35. The number of carbonyl (C=O) groups excluding carboxylic acids is 2. The summed E-state index contributed by atoms with van der Waals surface area (Å²) >= 11 is 0. The van der Waals surface area contributed by atoms with E-state index in [0.29, 0.717) is 45.1 Å². The zero-order valence-electron chi connectivity index (χ0n) is 16.3. The van der Waals surface area contributed by atoms with E-state index in [-0.39, 0.29) is 11.9 Å². The molecule has 2 aliphatic rings. The van der Waals surface area contributed by atoms with Crippen molar-refractivity contribution in [1.29, 1.82) is 0 Å². The van der Waals surface area contributed by atoms with Crippen molar-refractivity contribution in [3.63, 3.8) is 0 Å². The second kappa shape index (κ2) is 9.74. The first kappa shape index (κ1) is 19.7. The Morgan fingerprint density at radius 1 is 1.00 bits per heavy atom. The number of anilines is 1. The van der Waals surface area contributed by atoms with Crippen LogP contribution in [0.1, 0.15) is 44.1 Å². The molecule has 0 radical (unpaired) electrons. The summed E-state index contributed by atoms with van der Waals surface area (Å²) < 4.78 is 5.09. The van der Waals surface area contributed by atoms with Gasteiger partial charge >= 0.3 is 6.03 Å². The molecule has 1 saturated heterocycles. The molecule has 1 heterocycles. The topological polar surface area (TPSA) is 61.9 Å². The van der Waals surface area contributed by atoms with Gasteiger partial charge in [-0.1, -0.05) is 31.4 Å². The van der Waals surface area contributed by atoms with Gasteiger partial charge in [-0.25, -0.2) is 4.79 Å². The van der Waals surface area contributed by atoms with Crippen LogP contribution in [-0.4, -0.2) is 55.0 Å². The van der Waals surface area contributed by atoms with Crippen LogP contribution in [0.3, 0.4) is 0 Å². The molecule has 27 heavy (non-hydrogen) atoms. The van der Waals surface area contributed by atoms with Crippen LogP contribution in [0.5, 0.6) is 0 Å². The monoisotopic (exact) mass is 373 g/mol. The fraction of sp³-hybridized carbons (Fsp3) is 0.619. The number of benzene rings is 1. The van der Waals surface area contributed by atoms with Gasteiger partial charge in [-0.2, -0.15) is 0 Å². The van der Waals surface area contributed by atoms with E-state index >= 15 is 0 Å². The van der Waals surface area contributed by atoms with Crippen LogP contribution in [0.25, 0.3) is 0 Å². The van der Waals surface area contributed by atoms with Crippen molar-refractivity contribution in [2.75, 3.05) is 38.6 Å². The van der Waals surface area contributed by atoms with Crippen LogP contribution in [0.15, 0.2) is 24.3 Å². The summed E-state index contributed by atoms with van der Waals surface area (Å²) in [4.78, 5) is 28.7. The highest BCUT2D eigenvalue weighted by molar-refractivity contribution is 5.89. The van der Waals surface area contributed by atoms with Crippen LogP contribution >= 0.6 is 0 Å².